The predicted molar refractivity (Wildman–Crippen MR) is 48.4 cm³/mol. The highest BCUT2D eigenvalue weighted by atomic mass is 19.1. The number of nitro benzene ring substituents is 1. The summed E-state index contributed by atoms with van der Waals surface area (Å²) in [5.41, 5.74) is -1.49. The van der Waals surface area contributed by atoms with E-state index in [0.717, 1.165) is 19.1 Å². The van der Waals surface area contributed by atoms with E-state index in [1.807, 2.05) is 0 Å². The maximum atomic E-state index is 12.9. The Hall–Kier alpha value is -2.11. The van der Waals surface area contributed by atoms with Gasteiger partial charge in [0.15, 0.2) is 12.1 Å². The number of nitro groups is 1. The Morgan fingerprint density at radius 3 is 2.53 bits per heavy atom. The number of hydrogen-bond donors (Lipinski definition) is 0. The van der Waals surface area contributed by atoms with E-state index in [9.17, 15) is 24.1 Å². The SMILES string of the molecule is CC(=O)c1cc(F)cc(C=O)c1[N+](=O)[O-]. The van der Waals surface area contributed by atoms with Gasteiger partial charge in [0.05, 0.1) is 16.1 Å². The number of ketones is 1. The van der Waals surface area contributed by atoms with E-state index in [4.69, 9.17) is 0 Å². The van der Waals surface area contributed by atoms with Crippen molar-refractivity contribution in [1.82, 2.24) is 0 Å². The third kappa shape index (κ3) is 2.04. The summed E-state index contributed by atoms with van der Waals surface area (Å²) < 4.78 is 12.9. The molecule has 0 aliphatic heterocycles. The molecule has 0 saturated carbocycles. The number of nitrogens with zero attached hydrogens (tertiary/aromatic N) is 1. The van der Waals surface area contributed by atoms with Gasteiger partial charge in [-0.1, -0.05) is 0 Å². The molecule has 1 rings (SSSR count). The highest BCUT2D eigenvalue weighted by Gasteiger charge is 2.23. The lowest BCUT2D eigenvalue weighted by atomic mass is 10.0. The van der Waals surface area contributed by atoms with E-state index >= 15 is 0 Å². The van der Waals surface area contributed by atoms with E-state index < -0.39 is 33.3 Å². The van der Waals surface area contributed by atoms with E-state index in [-0.39, 0.29) is 6.29 Å². The minimum atomic E-state index is -0.875. The molecule has 6 heteroatoms. The molecule has 78 valence electrons. The summed E-state index contributed by atoms with van der Waals surface area (Å²) >= 11 is 0. The summed E-state index contributed by atoms with van der Waals surface area (Å²) in [5.74, 6) is -1.52. The molecule has 0 bridgehead atoms. The van der Waals surface area contributed by atoms with Crippen LogP contribution in [0.3, 0.4) is 0 Å². The Balaban J connectivity index is 3.61. The van der Waals surface area contributed by atoms with Crippen LogP contribution < -0.4 is 0 Å². The molecule has 0 unspecified atom stereocenters. The smallest absolute Gasteiger partial charge is 0.290 e. The van der Waals surface area contributed by atoms with Crippen LogP contribution in [0.5, 0.6) is 0 Å². The van der Waals surface area contributed by atoms with Crippen LogP contribution in [0, 0.1) is 15.9 Å². The van der Waals surface area contributed by atoms with E-state index in [1.165, 1.54) is 0 Å². The number of carbonyl (C=O) groups is 2. The van der Waals surface area contributed by atoms with E-state index in [2.05, 4.69) is 0 Å². The second kappa shape index (κ2) is 3.95. The molecule has 0 radical (unpaired) electrons. The standard InChI is InChI=1S/C9H6FNO4/c1-5(13)8-3-7(10)2-6(4-12)9(8)11(14)15/h2-4H,1H3. The predicted octanol–water partition coefficient (Wildman–Crippen LogP) is 1.75. The zero-order valence-electron chi connectivity index (χ0n) is 7.69. The number of carbonyl (C=O) groups excluding carboxylic acids is 2. The second-order valence-electron chi connectivity index (χ2n) is 2.82. The normalized spacial score (nSPS) is 9.73. The van der Waals surface area contributed by atoms with Crippen LogP contribution in [0.2, 0.25) is 0 Å². The second-order valence-corrected chi connectivity index (χ2v) is 2.82. The largest absolute Gasteiger partial charge is 0.298 e. The lowest BCUT2D eigenvalue weighted by molar-refractivity contribution is -0.385. The summed E-state index contributed by atoms with van der Waals surface area (Å²) in [5, 5.41) is 10.6. The zero-order valence-corrected chi connectivity index (χ0v) is 7.69. The summed E-state index contributed by atoms with van der Waals surface area (Å²) in [6.07, 6.45) is 0.146. The van der Waals surface area contributed by atoms with Crippen molar-refractivity contribution in [2.75, 3.05) is 0 Å². The molecular formula is C9H6FNO4. The third-order valence-electron chi connectivity index (χ3n) is 1.79. The first-order valence-corrected chi connectivity index (χ1v) is 3.91. The lowest BCUT2D eigenvalue weighted by Gasteiger charge is -2.01. The van der Waals surface area contributed by atoms with E-state index in [1.54, 1.807) is 0 Å². The van der Waals surface area contributed by atoms with Crippen molar-refractivity contribution in [3.8, 4) is 0 Å². The average Bonchev–Trinajstić information content (AvgIpc) is 2.15. The molecular weight excluding hydrogens is 205 g/mol. The highest BCUT2D eigenvalue weighted by molar-refractivity contribution is 6.01. The Morgan fingerprint density at radius 2 is 2.13 bits per heavy atom. The van der Waals surface area contributed by atoms with Gasteiger partial charge in [0, 0.05) is 0 Å². The maximum absolute atomic E-state index is 12.9. The first kappa shape index (κ1) is 11.0. The van der Waals surface area contributed by atoms with Gasteiger partial charge >= 0.3 is 0 Å². The Labute approximate surface area is 83.7 Å². The zero-order chi connectivity index (χ0) is 11.6. The molecule has 15 heavy (non-hydrogen) atoms. The lowest BCUT2D eigenvalue weighted by Crippen LogP contribution is -2.04. The first-order chi connectivity index (χ1) is 6.97. The van der Waals surface area contributed by atoms with Crippen molar-refractivity contribution < 1.29 is 18.9 Å². The van der Waals surface area contributed by atoms with Gasteiger partial charge in [0.2, 0.25) is 0 Å². The van der Waals surface area contributed by atoms with Crippen molar-refractivity contribution >= 4 is 17.8 Å². The number of hydrogen-bond acceptors (Lipinski definition) is 4. The van der Waals surface area contributed by atoms with Gasteiger partial charge in [-0.05, 0) is 19.1 Å². The summed E-state index contributed by atoms with van der Waals surface area (Å²) in [7, 11) is 0. The number of aldehydes is 1. The Bertz CT molecular complexity index is 456. The van der Waals surface area contributed by atoms with Crippen molar-refractivity contribution in [1.29, 1.82) is 0 Å². The van der Waals surface area contributed by atoms with Gasteiger partial charge in [0.1, 0.15) is 5.82 Å². The Kier molecular flexibility index (Phi) is 2.89. The molecule has 5 nitrogen and oxygen atoms in total. The van der Waals surface area contributed by atoms with E-state index in [0.29, 0.717) is 0 Å². The van der Waals surface area contributed by atoms with Crippen LogP contribution in [-0.4, -0.2) is 17.0 Å². The fourth-order valence-electron chi connectivity index (χ4n) is 1.18. The quantitative estimate of drug-likeness (QED) is 0.330. The molecule has 0 atom stereocenters. The molecule has 1 aromatic rings. The molecule has 0 aliphatic carbocycles. The number of rotatable bonds is 3. The van der Waals surface area contributed by atoms with Gasteiger partial charge < -0.3 is 0 Å². The number of halogens is 1. The monoisotopic (exact) mass is 211 g/mol. The molecule has 0 saturated heterocycles. The highest BCUT2D eigenvalue weighted by Crippen LogP contribution is 2.24. The maximum Gasteiger partial charge on any atom is 0.290 e. The van der Waals surface area contributed by atoms with Gasteiger partial charge in [0.25, 0.3) is 5.69 Å². The van der Waals surface area contributed by atoms with Crippen LogP contribution in [0.4, 0.5) is 10.1 Å². The summed E-state index contributed by atoms with van der Waals surface area (Å²) in [6.45, 7) is 1.07. The minimum absolute atomic E-state index is 0.146. The van der Waals surface area contributed by atoms with Crippen LogP contribution in [0.15, 0.2) is 12.1 Å². The molecule has 0 aliphatic rings. The molecule has 1 aromatic carbocycles. The number of Topliss-reactive ketones (excluding diaryl/α,β-unsaturated/α-hetero) is 1. The van der Waals surface area contributed by atoms with Crippen molar-refractivity contribution in [2.24, 2.45) is 0 Å². The topological polar surface area (TPSA) is 77.3 Å². The van der Waals surface area contributed by atoms with Crippen LogP contribution in [-0.2, 0) is 0 Å². The number of benzene rings is 1. The van der Waals surface area contributed by atoms with Gasteiger partial charge in [-0.25, -0.2) is 4.39 Å². The fraction of sp³-hybridized carbons (Fsp3) is 0.111. The van der Waals surface area contributed by atoms with Crippen LogP contribution in [0.1, 0.15) is 27.6 Å². The van der Waals surface area contributed by atoms with Crippen molar-refractivity contribution in [2.45, 2.75) is 6.92 Å². The fourth-order valence-corrected chi connectivity index (χ4v) is 1.18. The first-order valence-electron chi connectivity index (χ1n) is 3.91. The van der Waals surface area contributed by atoms with Crippen molar-refractivity contribution in [3.05, 3.63) is 39.2 Å². The minimum Gasteiger partial charge on any atom is -0.298 e. The van der Waals surface area contributed by atoms with Gasteiger partial charge in [-0.3, -0.25) is 19.7 Å². The molecule has 0 heterocycles. The van der Waals surface area contributed by atoms with Crippen molar-refractivity contribution in [3.63, 3.8) is 0 Å². The molecule has 0 spiro atoms. The molecule has 0 aromatic heterocycles. The molecule has 0 N–H and O–H groups in total. The summed E-state index contributed by atoms with van der Waals surface area (Å²) in [6, 6.07) is 1.46. The summed E-state index contributed by atoms with van der Waals surface area (Å²) in [4.78, 5) is 31.2. The Morgan fingerprint density at radius 1 is 1.53 bits per heavy atom. The molecule has 0 amide bonds. The molecule has 0 fully saturated rings. The van der Waals surface area contributed by atoms with Gasteiger partial charge in [-0.2, -0.15) is 0 Å². The van der Waals surface area contributed by atoms with Gasteiger partial charge in [-0.15, -0.1) is 0 Å². The third-order valence-corrected chi connectivity index (χ3v) is 1.79. The van der Waals surface area contributed by atoms with Crippen LogP contribution in [0.25, 0.3) is 0 Å². The average molecular weight is 211 g/mol. The van der Waals surface area contributed by atoms with Crippen LogP contribution >= 0.6 is 0 Å².